The van der Waals surface area contributed by atoms with Gasteiger partial charge >= 0.3 is 0 Å². The Bertz CT molecular complexity index is 697. The van der Waals surface area contributed by atoms with Crippen molar-refractivity contribution in [3.05, 3.63) is 71.8 Å². The largest absolute Gasteiger partial charge is 0.369 e. The fourth-order valence-corrected chi connectivity index (χ4v) is 3.97. The Hall–Kier alpha value is -2.17. The summed E-state index contributed by atoms with van der Waals surface area (Å²) in [5.41, 5.74) is 13.1. The van der Waals surface area contributed by atoms with Gasteiger partial charge in [-0.1, -0.05) is 60.7 Å². The molecule has 3 rings (SSSR count). The minimum absolute atomic E-state index is 0.0276. The Labute approximate surface area is 156 Å². The Morgan fingerprint density at radius 1 is 0.962 bits per heavy atom. The number of nitrogens with zero attached hydrogens (tertiary/aromatic N) is 1. The number of carbonyl (C=O) groups excluding carboxylic acids is 1. The SMILES string of the molecule is CC(C)(CCC(C(N)=O)(c1ccccc1)c1ccccc1)N1CC(N)C1. The molecule has 1 amide bonds. The molecule has 138 valence electrons. The molecule has 0 saturated carbocycles. The van der Waals surface area contributed by atoms with Crippen molar-refractivity contribution in [3.63, 3.8) is 0 Å². The Balaban J connectivity index is 1.97. The predicted molar refractivity (Wildman–Crippen MR) is 106 cm³/mol. The summed E-state index contributed by atoms with van der Waals surface area (Å²) >= 11 is 0. The highest BCUT2D eigenvalue weighted by atomic mass is 16.1. The van der Waals surface area contributed by atoms with E-state index in [9.17, 15) is 4.79 Å². The molecule has 0 bridgehead atoms. The molecule has 4 N–H and O–H groups in total. The first-order valence-corrected chi connectivity index (χ1v) is 9.28. The lowest BCUT2D eigenvalue weighted by Gasteiger charge is -2.49. The predicted octanol–water partition coefficient (Wildman–Crippen LogP) is 2.66. The molecule has 1 fully saturated rings. The van der Waals surface area contributed by atoms with Crippen LogP contribution in [0, 0.1) is 0 Å². The van der Waals surface area contributed by atoms with E-state index in [0.29, 0.717) is 6.42 Å². The van der Waals surface area contributed by atoms with Crippen molar-refractivity contribution in [2.75, 3.05) is 13.1 Å². The van der Waals surface area contributed by atoms with Crippen LogP contribution in [0.25, 0.3) is 0 Å². The van der Waals surface area contributed by atoms with Crippen LogP contribution in [-0.2, 0) is 10.2 Å². The molecule has 0 radical (unpaired) electrons. The van der Waals surface area contributed by atoms with Crippen LogP contribution in [0.3, 0.4) is 0 Å². The van der Waals surface area contributed by atoms with Gasteiger partial charge in [0.2, 0.25) is 5.91 Å². The van der Waals surface area contributed by atoms with Crippen LogP contribution < -0.4 is 11.5 Å². The average Bonchev–Trinajstić information content (AvgIpc) is 2.61. The van der Waals surface area contributed by atoms with Gasteiger partial charge in [0.05, 0.1) is 5.41 Å². The highest BCUT2D eigenvalue weighted by molar-refractivity contribution is 5.90. The molecule has 0 unspecified atom stereocenters. The minimum atomic E-state index is -0.827. The van der Waals surface area contributed by atoms with Crippen molar-refractivity contribution >= 4 is 5.91 Å². The quantitative estimate of drug-likeness (QED) is 0.805. The van der Waals surface area contributed by atoms with Crippen LogP contribution in [-0.4, -0.2) is 35.5 Å². The Kier molecular flexibility index (Phi) is 5.17. The summed E-state index contributed by atoms with van der Waals surface area (Å²) in [4.78, 5) is 15.2. The van der Waals surface area contributed by atoms with E-state index in [0.717, 1.165) is 30.6 Å². The van der Waals surface area contributed by atoms with E-state index in [1.807, 2.05) is 60.7 Å². The molecule has 1 aliphatic heterocycles. The number of hydrogen-bond donors (Lipinski definition) is 2. The van der Waals surface area contributed by atoms with E-state index >= 15 is 0 Å². The summed E-state index contributed by atoms with van der Waals surface area (Å²) < 4.78 is 0. The summed E-state index contributed by atoms with van der Waals surface area (Å²) in [6.07, 6.45) is 1.52. The summed E-state index contributed by atoms with van der Waals surface area (Å²) in [5.74, 6) is -0.300. The zero-order valence-electron chi connectivity index (χ0n) is 15.7. The average molecular weight is 351 g/mol. The maximum Gasteiger partial charge on any atom is 0.232 e. The van der Waals surface area contributed by atoms with E-state index in [1.165, 1.54) is 0 Å². The molecule has 1 heterocycles. The third-order valence-corrected chi connectivity index (χ3v) is 5.83. The lowest BCUT2D eigenvalue weighted by molar-refractivity contribution is -0.122. The lowest BCUT2D eigenvalue weighted by Crippen LogP contribution is -2.63. The van der Waals surface area contributed by atoms with Crippen molar-refractivity contribution in [1.82, 2.24) is 4.90 Å². The molecular weight excluding hydrogens is 322 g/mol. The fraction of sp³-hybridized carbons (Fsp3) is 0.409. The van der Waals surface area contributed by atoms with E-state index in [2.05, 4.69) is 18.7 Å². The molecule has 2 aromatic rings. The number of hydrogen-bond acceptors (Lipinski definition) is 3. The van der Waals surface area contributed by atoms with E-state index in [1.54, 1.807) is 0 Å². The van der Waals surface area contributed by atoms with Gasteiger partial charge < -0.3 is 11.5 Å². The molecule has 4 heteroatoms. The zero-order chi connectivity index (χ0) is 18.8. The molecule has 0 aromatic heterocycles. The van der Waals surface area contributed by atoms with Crippen LogP contribution in [0.4, 0.5) is 0 Å². The van der Waals surface area contributed by atoms with Crippen LogP contribution in [0.1, 0.15) is 37.8 Å². The van der Waals surface area contributed by atoms with Crippen molar-refractivity contribution in [2.45, 2.75) is 43.7 Å². The smallest absolute Gasteiger partial charge is 0.232 e. The van der Waals surface area contributed by atoms with E-state index in [-0.39, 0.29) is 17.5 Å². The maximum atomic E-state index is 12.8. The standard InChI is InChI=1S/C22H29N3O/c1-21(2,25-15-19(23)16-25)13-14-22(20(24)26,17-9-5-3-6-10-17)18-11-7-4-8-12-18/h3-12,19H,13-16,23H2,1-2H3,(H2,24,26). The molecule has 26 heavy (non-hydrogen) atoms. The normalized spacial score (nSPS) is 16.3. The van der Waals surface area contributed by atoms with Crippen LogP contribution in [0.15, 0.2) is 60.7 Å². The van der Waals surface area contributed by atoms with Crippen molar-refractivity contribution < 1.29 is 4.79 Å². The molecule has 4 nitrogen and oxygen atoms in total. The highest BCUT2D eigenvalue weighted by Crippen LogP contribution is 2.39. The first-order valence-electron chi connectivity index (χ1n) is 9.28. The minimum Gasteiger partial charge on any atom is -0.369 e. The number of carbonyl (C=O) groups is 1. The molecule has 1 aliphatic rings. The third-order valence-electron chi connectivity index (χ3n) is 5.83. The van der Waals surface area contributed by atoms with Crippen LogP contribution >= 0.6 is 0 Å². The summed E-state index contributed by atoms with van der Waals surface area (Å²) in [7, 11) is 0. The van der Waals surface area contributed by atoms with Gasteiger partial charge in [-0.25, -0.2) is 0 Å². The highest BCUT2D eigenvalue weighted by Gasteiger charge is 2.43. The fourth-order valence-electron chi connectivity index (χ4n) is 3.97. The van der Waals surface area contributed by atoms with Gasteiger partial charge in [0.25, 0.3) is 0 Å². The molecule has 0 spiro atoms. The first kappa shape index (κ1) is 18.6. The molecule has 0 aliphatic carbocycles. The summed E-state index contributed by atoms with van der Waals surface area (Å²) in [6.45, 7) is 6.27. The molecule has 1 saturated heterocycles. The number of primary amides is 1. The van der Waals surface area contributed by atoms with Gasteiger partial charge in [-0.3, -0.25) is 9.69 Å². The van der Waals surface area contributed by atoms with Gasteiger partial charge in [0, 0.05) is 24.7 Å². The van der Waals surface area contributed by atoms with Crippen molar-refractivity contribution in [3.8, 4) is 0 Å². The van der Waals surface area contributed by atoms with Crippen molar-refractivity contribution in [2.24, 2.45) is 11.5 Å². The first-order chi connectivity index (χ1) is 12.4. The second-order valence-corrected chi connectivity index (χ2v) is 7.98. The van der Waals surface area contributed by atoms with Gasteiger partial charge in [-0.05, 0) is 37.8 Å². The van der Waals surface area contributed by atoms with Crippen LogP contribution in [0.2, 0.25) is 0 Å². The zero-order valence-corrected chi connectivity index (χ0v) is 15.7. The van der Waals surface area contributed by atoms with Crippen molar-refractivity contribution in [1.29, 1.82) is 0 Å². The number of likely N-dealkylation sites (tertiary alicyclic amines) is 1. The maximum absolute atomic E-state index is 12.8. The Morgan fingerprint density at radius 3 is 1.81 bits per heavy atom. The number of nitrogens with two attached hydrogens (primary N) is 2. The topological polar surface area (TPSA) is 72.4 Å². The molecule has 2 aromatic carbocycles. The van der Waals surface area contributed by atoms with Gasteiger partial charge in [0.1, 0.15) is 0 Å². The molecule has 0 atom stereocenters. The number of rotatable bonds is 7. The van der Waals surface area contributed by atoms with Gasteiger partial charge in [0.15, 0.2) is 0 Å². The number of amides is 1. The summed E-state index contributed by atoms with van der Waals surface area (Å²) in [6, 6.07) is 20.1. The van der Waals surface area contributed by atoms with E-state index in [4.69, 9.17) is 11.5 Å². The second kappa shape index (κ2) is 7.22. The van der Waals surface area contributed by atoms with Gasteiger partial charge in [-0.2, -0.15) is 0 Å². The summed E-state index contributed by atoms with van der Waals surface area (Å²) in [5, 5.41) is 0. The monoisotopic (exact) mass is 351 g/mol. The Morgan fingerprint density at radius 2 is 1.42 bits per heavy atom. The number of benzene rings is 2. The second-order valence-electron chi connectivity index (χ2n) is 7.98. The lowest BCUT2D eigenvalue weighted by atomic mass is 9.69. The molecular formula is C22H29N3O. The van der Waals surface area contributed by atoms with Crippen LogP contribution in [0.5, 0.6) is 0 Å². The third kappa shape index (κ3) is 3.39. The van der Waals surface area contributed by atoms with E-state index < -0.39 is 5.41 Å². The van der Waals surface area contributed by atoms with Gasteiger partial charge in [-0.15, -0.1) is 0 Å².